The third-order valence-corrected chi connectivity index (χ3v) is 2.20. The van der Waals surface area contributed by atoms with E-state index in [1.165, 1.54) is 6.26 Å². The van der Waals surface area contributed by atoms with E-state index in [0.29, 0.717) is 6.54 Å². The number of hydrogen-bond donors (Lipinski definition) is 2. The SMILES string of the molecule is Cc1cc(CNNC(=O)c2ccco2)ccn1. The normalized spacial score (nSPS) is 10.2. The molecular weight excluding hydrogens is 218 g/mol. The number of aryl methyl sites for hydroxylation is 1. The predicted molar refractivity (Wildman–Crippen MR) is 62.0 cm³/mol. The molecule has 88 valence electrons. The summed E-state index contributed by atoms with van der Waals surface area (Å²) in [7, 11) is 0. The van der Waals surface area contributed by atoms with Gasteiger partial charge in [0, 0.05) is 18.4 Å². The molecule has 2 heterocycles. The lowest BCUT2D eigenvalue weighted by molar-refractivity contribution is 0.0904. The lowest BCUT2D eigenvalue weighted by atomic mass is 10.2. The molecule has 5 nitrogen and oxygen atoms in total. The van der Waals surface area contributed by atoms with Gasteiger partial charge in [-0.2, -0.15) is 0 Å². The van der Waals surface area contributed by atoms with Gasteiger partial charge in [-0.05, 0) is 36.8 Å². The first kappa shape index (κ1) is 11.3. The van der Waals surface area contributed by atoms with E-state index in [-0.39, 0.29) is 11.7 Å². The Labute approximate surface area is 98.8 Å². The first-order valence-electron chi connectivity index (χ1n) is 5.24. The van der Waals surface area contributed by atoms with Crippen molar-refractivity contribution in [3.63, 3.8) is 0 Å². The Hall–Kier alpha value is -2.14. The highest BCUT2D eigenvalue weighted by atomic mass is 16.3. The van der Waals surface area contributed by atoms with E-state index < -0.39 is 0 Å². The third-order valence-electron chi connectivity index (χ3n) is 2.20. The standard InChI is InChI=1S/C12H13N3O2/c1-9-7-10(4-5-13-9)8-14-15-12(16)11-3-2-6-17-11/h2-7,14H,8H2,1H3,(H,15,16). The monoisotopic (exact) mass is 231 g/mol. The van der Waals surface area contributed by atoms with Crippen LogP contribution in [0.4, 0.5) is 0 Å². The van der Waals surface area contributed by atoms with Gasteiger partial charge in [-0.25, -0.2) is 5.43 Å². The molecule has 0 fully saturated rings. The number of nitrogens with zero attached hydrogens (tertiary/aromatic N) is 1. The van der Waals surface area contributed by atoms with Crippen LogP contribution in [-0.4, -0.2) is 10.9 Å². The van der Waals surface area contributed by atoms with E-state index in [9.17, 15) is 4.79 Å². The summed E-state index contributed by atoms with van der Waals surface area (Å²) in [5.74, 6) is -0.0100. The molecule has 0 saturated carbocycles. The van der Waals surface area contributed by atoms with E-state index in [1.807, 2.05) is 19.1 Å². The van der Waals surface area contributed by atoms with Crippen LogP contribution in [-0.2, 0) is 6.54 Å². The number of hydrazine groups is 1. The summed E-state index contributed by atoms with van der Waals surface area (Å²) >= 11 is 0. The van der Waals surface area contributed by atoms with Crippen LogP contribution in [0.1, 0.15) is 21.8 Å². The maximum Gasteiger partial charge on any atom is 0.301 e. The first-order chi connectivity index (χ1) is 8.25. The number of carbonyl (C=O) groups excluding carboxylic acids is 1. The zero-order valence-electron chi connectivity index (χ0n) is 9.43. The molecule has 0 aliphatic rings. The fourth-order valence-corrected chi connectivity index (χ4v) is 1.41. The summed E-state index contributed by atoms with van der Waals surface area (Å²) in [6.07, 6.45) is 3.20. The maximum absolute atomic E-state index is 11.5. The summed E-state index contributed by atoms with van der Waals surface area (Å²) < 4.78 is 4.96. The second-order valence-electron chi connectivity index (χ2n) is 3.59. The first-order valence-corrected chi connectivity index (χ1v) is 5.24. The topological polar surface area (TPSA) is 67.2 Å². The largest absolute Gasteiger partial charge is 0.459 e. The van der Waals surface area contributed by atoms with Gasteiger partial charge in [-0.15, -0.1) is 0 Å². The molecule has 0 bridgehead atoms. The Morgan fingerprint density at radius 1 is 1.47 bits per heavy atom. The number of pyridine rings is 1. The van der Waals surface area contributed by atoms with Gasteiger partial charge in [0.15, 0.2) is 5.76 Å². The minimum atomic E-state index is -0.291. The average Bonchev–Trinajstić information content (AvgIpc) is 2.82. The van der Waals surface area contributed by atoms with Crippen LogP contribution in [0.3, 0.4) is 0 Å². The molecule has 0 atom stereocenters. The highest BCUT2D eigenvalue weighted by Gasteiger charge is 2.06. The molecule has 0 aliphatic heterocycles. The molecule has 1 amide bonds. The summed E-state index contributed by atoms with van der Waals surface area (Å²) in [5, 5.41) is 0. The smallest absolute Gasteiger partial charge is 0.301 e. The Morgan fingerprint density at radius 3 is 3.06 bits per heavy atom. The predicted octanol–water partition coefficient (Wildman–Crippen LogP) is 1.42. The van der Waals surface area contributed by atoms with Crippen LogP contribution in [0.25, 0.3) is 0 Å². The van der Waals surface area contributed by atoms with Crippen molar-refractivity contribution in [2.75, 3.05) is 0 Å². The van der Waals surface area contributed by atoms with Crippen LogP contribution in [0.15, 0.2) is 41.1 Å². The summed E-state index contributed by atoms with van der Waals surface area (Å²) in [4.78, 5) is 15.6. The van der Waals surface area contributed by atoms with Crippen LogP contribution in [0.2, 0.25) is 0 Å². The number of carbonyl (C=O) groups is 1. The second kappa shape index (κ2) is 5.27. The highest BCUT2D eigenvalue weighted by Crippen LogP contribution is 2.00. The summed E-state index contributed by atoms with van der Waals surface area (Å²) in [6, 6.07) is 7.11. The van der Waals surface area contributed by atoms with Gasteiger partial charge >= 0.3 is 5.91 Å². The van der Waals surface area contributed by atoms with Gasteiger partial charge in [-0.1, -0.05) is 0 Å². The van der Waals surface area contributed by atoms with Crippen molar-refractivity contribution in [2.24, 2.45) is 0 Å². The molecule has 5 heteroatoms. The third kappa shape index (κ3) is 3.15. The van der Waals surface area contributed by atoms with Gasteiger partial charge in [0.05, 0.1) is 6.26 Å². The van der Waals surface area contributed by atoms with Gasteiger partial charge < -0.3 is 4.42 Å². The van der Waals surface area contributed by atoms with Crippen LogP contribution < -0.4 is 10.9 Å². The lowest BCUT2D eigenvalue weighted by Gasteiger charge is -2.06. The molecule has 2 aromatic heterocycles. The number of hydrogen-bond acceptors (Lipinski definition) is 4. The number of furan rings is 1. The number of rotatable bonds is 4. The van der Waals surface area contributed by atoms with Crippen LogP contribution in [0.5, 0.6) is 0 Å². The summed E-state index contributed by atoms with van der Waals surface area (Å²) in [5.41, 5.74) is 7.38. The average molecular weight is 231 g/mol. The van der Waals surface area contributed by atoms with Gasteiger partial charge in [0.25, 0.3) is 0 Å². The molecular formula is C12H13N3O2. The van der Waals surface area contributed by atoms with Crippen molar-refractivity contribution in [1.29, 1.82) is 0 Å². The van der Waals surface area contributed by atoms with Crippen molar-refractivity contribution in [1.82, 2.24) is 15.8 Å². The Balaban J connectivity index is 1.82. The van der Waals surface area contributed by atoms with Crippen molar-refractivity contribution in [3.8, 4) is 0 Å². The van der Waals surface area contributed by atoms with Crippen molar-refractivity contribution < 1.29 is 9.21 Å². The quantitative estimate of drug-likeness (QED) is 0.781. The molecule has 2 rings (SSSR count). The molecule has 0 aliphatic carbocycles. The van der Waals surface area contributed by atoms with Crippen LogP contribution in [0, 0.1) is 6.92 Å². The second-order valence-corrected chi connectivity index (χ2v) is 3.59. The van der Waals surface area contributed by atoms with E-state index in [4.69, 9.17) is 4.42 Å². The number of amides is 1. The number of nitrogens with one attached hydrogen (secondary N) is 2. The Morgan fingerprint density at radius 2 is 2.35 bits per heavy atom. The molecule has 17 heavy (non-hydrogen) atoms. The maximum atomic E-state index is 11.5. The molecule has 0 aromatic carbocycles. The number of aromatic nitrogens is 1. The molecule has 0 unspecified atom stereocenters. The molecule has 0 spiro atoms. The van der Waals surface area contributed by atoms with Crippen molar-refractivity contribution >= 4 is 5.91 Å². The van der Waals surface area contributed by atoms with Gasteiger partial charge in [0.1, 0.15) is 0 Å². The Kier molecular flexibility index (Phi) is 3.52. The molecule has 0 radical (unpaired) electrons. The van der Waals surface area contributed by atoms with E-state index >= 15 is 0 Å². The highest BCUT2D eigenvalue weighted by molar-refractivity contribution is 5.90. The summed E-state index contributed by atoms with van der Waals surface area (Å²) in [6.45, 7) is 2.46. The van der Waals surface area contributed by atoms with Crippen LogP contribution >= 0.6 is 0 Å². The fourth-order valence-electron chi connectivity index (χ4n) is 1.41. The molecule has 0 saturated heterocycles. The minimum Gasteiger partial charge on any atom is -0.459 e. The molecule has 2 N–H and O–H groups in total. The lowest BCUT2D eigenvalue weighted by Crippen LogP contribution is -2.36. The van der Waals surface area contributed by atoms with Gasteiger partial charge in [-0.3, -0.25) is 15.2 Å². The van der Waals surface area contributed by atoms with Crippen molar-refractivity contribution in [2.45, 2.75) is 13.5 Å². The fraction of sp³-hybridized carbons (Fsp3) is 0.167. The van der Waals surface area contributed by atoms with E-state index in [1.54, 1.807) is 18.3 Å². The van der Waals surface area contributed by atoms with E-state index in [0.717, 1.165) is 11.3 Å². The Bertz CT molecular complexity index is 494. The molecule has 2 aromatic rings. The van der Waals surface area contributed by atoms with E-state index in [2.05, 4.69) is 15.8 Å². The zero-order chi connectivity index (χ0) is 12.1. The van der Waals surface area contributed by atoms with Gasteiger partial charge in [0.2, 0.25) is 0 Å². The zero-order valence-corrected chi connectivity index (χ0v) is 9.43. The van der Waals surface area contributed by atoms with Crippen molar-refractivity contribution in [3.05, 3.63) is 53.7 Å². The minimum absolute atomic E-state index is 0.281.